The Kier molecular flexibility index (Phi) is 5.30. The molecule has 1 aromatic heterocycles. The number of amides is 1. The third-order valence-electron chi connectivity index (χ3n) is 3.61. The van der Waals surface area contributed by atoms with E-state index in [2.05, 4.69) is 32.8 Å². The molecule has 1 saturated heterocycles. The Labute approximate surface area is 118 Å². The van der Waals surface area contributed by atoms with Crippen molar-refractivity contribution in [3.63, 3.8) is 0 Å². The quantitative estimate of drug-likeness (QED) is 0.846. The van der Waals surface area contributed by atoms with Crippen LogP contribution in [0.15, 0.2) is 10.9 Å². The Bertz CT molecular complexity index is 387. The lowest BCUT2D eigenvalue weighted by Gasteiger charge is -2.33. The van der Waals surface area contributed by atoms with Crippen LogP contribution in [0.1, 0.15) is 31.5 Å². The fourth-order valence-electron chi connectivity index (χ4n) is 2.41. The van der Waals surface area contributed by atoms with Gasteiger partial charge in [0.2, 0.25) is 5.91 Å². The van der Waals surface area contributed by atoms with Crippen molar-refractivity contribution in [3.05, 3.63) is 16.6 Å². The molecular weight excluding hydrogens is 260 g/mol. The largest absolute Gasteiger partial charge is 0.358 e. The van der Waals surface area contributed by atoms with E-state index < -0.39 is 0 Å². The van der Waals surface area contributed by atoms with Gasteiger partial charge in [0.15, 0.2) is 0 Å². The average Bonchev–Trinajstić information content (AvgIpc) is 2.95. The van der Waals surface area contributed by atoms with Crippen LogP contribution in [0.5, 0.6) is 0 Å². The lowest BCUT2D eigenvalue weighted by Crippen LogP contribution is -2.46. The van der Waals surface area contributed by atoms with Crippen LogP contribution in [0.3, 0.4) is 0 Å². The van der Waals surface area contributed by atoms with Gasteiger partial charge in [0.25, 0.3) is 0 Å². The number of nitrogens with one attached hydrogen (secondary N) is 2. The van der Waals surface area contributed by atoms with Gasteiger partial charge in [0.1, 0.15) is 0 Å². The number of likely N-dealkylation sites (tertiary alicyclic amines) is 1. The van der Waals surface area contributed by atoms with E-state index in [-0.39, 0.29) is 5.91 Å². The Hall–Kier alpha value is -0.980. The first-order chi connectivity index (χ1) is 9.19. The summed E-state index contributed by atoms with van der Waals surface area (Å²) in [7, 11) is 1.69. The molecule has 0 saturated carbocycles. The summed E-state index contributed by atoms with van der Waals surface area (Å²) in [5.74, 6) is 0.0993. The van der Waals surface area contributed by atoms with Crippen molar-refractivity contribution in [2.24, 2.45) is 0 Å². The van der Waals surface area contributed by atoms with Gasteiger partial charge in [0.05, 0.1) is 17.7 Å². The number of likely N-dealkylation sites (N-methyl/N-ethyl adjacent to an activating group) is 1. The summed E-state index contributed by atoms with van der Waals surface area (Å²) in [5.41, 5.74) is 3.00. The highest BCUT2D eigenvalue weighted by Gasteiger charge is 2.22. The molecule has 1 aliphatic heterocycles. The monoisotopic (exact) mass is 282 g/mol. The topological polar surface area (TPSA) is 57.3 Å². The van der Waals surface area contributed by atoms with Gasteiger partial charge in [-0.1, -0.05) is 0 Å². The van der Waals surface area contributed by atoms with Crippen molar-refractivity contribution in [3.8, 4) is 0 Å². The first kappa shape index (κ1) is 14.4. The molecule has 2 rings (SSSR count). The molecule has 1 amide bonds. The highest BCUT2D eigenvalue weighted by molar-refractivity contribution is 7.07. The minimum Gasteiger partial charge on any atom is -0.358 e. The van der Waals surface area contributed by atoms with E-state index >= 15 is 0 Å². The molecule has 1 aromatic rings. The molecule has 1 unspecified atom stereocenters. The van der Waals surface area contributed by atoms with E-state index in [1.54, 1.807) is 18.4 Å². The van der Waals surface area contributed by atoms with Crippen LogP contribution in [0, 0.1) is 0 Å². The fraction of sp³-hybridized carbons (Fsp3) is 0.692. The van der Waals surface area contributed by atoms with Crippen molar-refractivity contribution in [1.82, 2.24) is 20.5 Å². The zero-order valence-corrected chi connectivity index (χ0v) is 12.4. The summed E-state index contributed by atoms with van der Waals surface area (Å²) >= 11 is 1.64. The maximum atomic E-state index is 11.3. The highest BCUT2D eigenvalue weighted by Crippen LogP contribution is 2.17. The maximum absolute atomic E-state index is 11.3. The van der Waals surface area contributed by atoms with Crippen LogP contribution in [0.4, 0.5) is 0 Å². The second kappa shape index (κ2) is 6.98. The molecule has 5 nitrogen and oxygen atoms in total. The van der Waals surface area contributed by atoms with Crippen LogP contribution in [-0.4, -0.2) is 48.5 Å². The van der Waals surface area contributed by atoms with E-state index in [1.807, 2.05) is 5.51 Å². The summed E-state index contributed by atoms with van der Waals surface area (Å²) in [6, 6.07) is 0.833. The first-order valence-electron chi connectivity index (χ1n) is 6.76. The van der Waals surface area contributed by atoms with Gasteiger partial charge < -0.3 is 10.6 Å². The predicted octanol–water partition coefficient (Wildman–Crippen LogP) is 1.00. The average molecular weight is 282 g/mol. The summed E-state index contributed by atoms with van der Waals surface area (Å²) < 4.78 is 0. The Morgan fingerprint density at radius 3 is 2.89 bits per heavy atom. The molecule has 1 aliphatic rings. The molecule has 0 radical (unpaired) electrons. The number of nitrogens with zero attached hydrogens (tertiary/aromatic N) is 2. The number of hydrogen-bond donors (Lipinski definition) is 2. The Balaban J connectivity index is 1.73. The minimum atomic E-state index is 0.0993. The van der Waals surface area contributed by atoms with E-state index in [4.69, 9.17) is 0 Å². The first-order valence-corrected chi connectivity index (χ1v) is 7.70. The van der Waals surface area contributed by atoms with Crippen LogP contribution in [0.25, 0.3) is 0 Å². The summed E-state index contributed by atoms with van der Waals surface area (Å²) in [4.78, 5) is 17.9. The zero-order chi connectivity index (χ0) is 13.7. The molecule has 0 spiro atoms. The number of carbonyl (C=O) groups is 1. The zero-order valence-electron chi connectivity index (χ0n) is 11.6. The van der Waals surface area contributed by atoms with Crippen molar-refractivity contribution in [1.29, 1.82) is 0 Å². The maximum Gasteiger partial charge on any atom is 0.233 e. The third-order valence-corrected chi connectivity index (χ3v) is 4.22. The van der Waals surface area contributed by atoms with E-state index in [0.717, 1.165) is 31.6 Å². The number of carbonyl (C=O) groups excluding carboxylic acids is 1. The van der Waals surface area contributed by atoms with Crippen LogP contribution in [-0.2, 0) is 4.79 Å². The standard InChI is InChI=1S/C13H22N4OS/c1-10(12-8-19-9-15-12)16-11-3-5-17(6-4-11)7-13(18)14-2/h8-11,16H,3-7H2,1-2H3,(H,14,18). The molecule has 106 valence electrons. The predicted molar refractivity (Wildman–Crippen MR) is 77.2 cm³/mol. The Morgan fingerprint density at radius 2 is 2.32 bits per heavy atom. The van der Waals surface area contributed by atoms with Crippen LogP contribution < -0.4 is 10.6 Å². The van der Waals surface area contributed by atoms with Crippen molar-refractivity contribution >= 4 is 17.2 Å². The van der Waals surface area contributed by atoms with Gasteiger partial charge in [-0.05, 0) is 19.8 Å². The van der Waals surface area contributed by atoms with Gasteiger partial charge in [-0.2, -0.15) is 0 Å². The number of piperidine rings is 1. The molecule has 0 aromatic carbocycles. The van der Waals surface area contributed by atoms with E-state index in [9.17, 15) is 4.79 Å². The molecule has 2 heterocycles. The lowest BCUT2D eigenvalue weighted by atomic mass is 10.0. The minimum absolute atomic E-state index is 0.0993. The number of rotatable bonds is 5. The van der Waals surface area contributed by atoms with Crippen molar-refractivity contribution < 1.29 is 4.79 Å². The molecule has 1 atom stereocenters. The smallest absolute Gasteiger partial charge is 0.233 e. The highest BCUT2D eigenvalue weighted by atomic mass is 32.1. The molecule has 19 heavy (non-hydrogen) atoms. The molecule has 1 fully saturated rings. The molecule has 2 N–H and O–H groups in total. The summed E-state index contributed by atoms with van der Waals surface area (Å²) in [6.45, 7) is 4.64. The third kappa shape index (κ3) is 4.26. The normalized spacial score (nSPS) is 19.3. The van der Waals surface area contributed by atoms with Gasteiger partial charge in [-0.15, -0.1) is 11.3 Å². The SMILES string of the molecule is CNC(=O)CN1CCC(NC(C)c2cscn2)CC1. The molecule has 0 aliphatic carbocycles. The molecule has 6 heteroatoms. The van der Waals surface area contributed by atoms with E-state index in [1.165, 1.54) is 0 Å². The fourth-order valence-corrected chi connectivity index (χ4v) is 3.06. The molecular formula is C13H22N4OS. The summed E-state index contributed by atoms with van der Waals surface area (Å²) in [5, 5.41) is 8.39. The summed E-state index contributed by atoms with van der Waals surface area (Å²) in [6.07, 6.45) is 2.18. The van der Waals surface area contributed by atoms with Crippen molar-refractivity contribution in [2.45, 2.75) is 31.8 Å². The van der Waals surface area contributed by atoms with Gasteiger partial charge >= 0.3 is 0 Å². The number of aromatic nitrogens is 1. The van der Waals surface area contributed by atoms with E-state index in [0.29, 0.717) is 18.6 Å². The number of hydrogen-bond acceptors (Lipinski definition) is 5. The van der Waals surface area contributed by atoms with Crippen LogP contribution >= 0.6 is 11.3 Å². The lowest BCUT2D eigenvalue weighted by molar-refractivity contribution is -0.122. The van der Waals surface area contributed by atoms with Gasteiger partial charge in [0, 0.05) is 37.6 Å². The van der Waals surface area contributed by atoms with Crippen molar-refractivity contribution in [2.75, 3.05) is 26.7 Å². The van der Waals surface area contributed by atoms with Gasteiger partial charge in [-0.25, -0.2) is 4.98 Å². The Morgan fingerprint density at radius 1 is 1.58 bits per heavy atom. The van der Waals surface area contributed by atoms with Crippen LogP contribution in [0.2, 0.25) is 0 Å². The number of thiazole rings is 1. The second-order valence-electron chi connectivity index (χ2n) is 5.03. The van der Waals surface area contributed by atoms with Gasteiger partial charge in [-0.3, -0.25) is 9.69 Å². The molecule has 0 bridgehead atoms. The second-order valence-corrected chi connectivity index (χ2v) is 5.74.